The zero-order chi connectivity index (χ0) is 20.5. The van der Waals surface area contributed by atoms with E-state index in [0.29, 0.717) is 6.54 Å². The van der Waals surface area contributed by atoms with Crippen molar-refractivity contribution in [2.45, 2.75) is 18.4 Å². The Labute approximate surface area is 179 Å². The molecule has 0 saturated carbocycles. The molecule has 1 spiro atoms. The van der Waals surface area contributed by atoms with Crippen LogP contribution in [-0.4, -0.2) is 17.4 Å². The number of aromatic nitrogens is 1. The number of aromatic amines is 1. The number of benzene rings is 3. The average Bonchev–Trinajstić information content (AvgIpc) is 3.28. The minimum Gasteiger partial charge on any atom is -0.356 e. The zero-order valence-electron chi connectivity index (χ0n) is 16.4. The highest BCUT2D eigenvalue weighted by molar-refractivity contribution is 6.31. The topological polar surface area (TPSA) is 56.9 Å². The highest BCUT2D eigenvalue weighted by atomic mass is 35.5. The lowest BCUT2D eigenvalue weighted by Gasteiger charge is -2.37. The van der Waals surface area contributed by atoms with Gasteiger partial charge in [-0.05, 0) is 35.7 Å². The summed E-state index contributed by atoms with van der Waals surface area (Å²) in [7, 11) is 0. The summed E-state index contributed by atoms with van der Waals surface area (Å²) in [6.45, 7) is 2.64. The van der Waals surface area contributed by atoms with Gasteiger partial charge < -0.3 is 10.3 Å². The normalized spacial score (nSPS) is 22.2. The van der Waals surface area contributed by atoms with E-state index >= 15 is 0 Å². The van der Waals surface area contributed by atoms with Crippen LogP contribution in [0.1, 0.15) is 33.9 Å². The SMILES string of the molecule is Cc1cccc2c1NC(=O)[C@]21NC[C@H](c2ccccc2Cl)c2c1[nH]c1ccccc21. The van der Waals surface area contributed by atoms with Crippen molar-refractivity contribution in [1.29, 1.82) is 0 Å². The zero-order valence-corrected chi connectivity index (χ0v) is 17.2. The highest BCUT2D eigenvalue weighted by Gasteiger charge is 2.54. The van der Waals surface area contributed by atoms with Gasteiger partial charge in [-0.2, -0.15) is 0 Å². The van der Waals surface area contributed by atoms with Crippen LogP contribution in [0.3, 0.4) is 0 Å². The van der Waals surface area contributed by atoms with Crippen LogP contribution >= 0.6 is 11.6 Å². The van der Waals surface area contributed by atoms with Gasteiger partial charge in [0, 0.05) is 39.6 Å². The van der Waals surface area contributed by atoms with E-state index in [0.717, 1.165) is 49.6 Å². The van der Waals surface area contributed by atoms with Crippen LogP contribution in [-0.2, 0) is 10.3 Å². The van der Waals surface area contributed by atoms with Gasteiger partial charge in [0.2, 0.25) is 0 Å². The van der Waals surface area contributed by atoms with Crippen LogP contribution < -0.4 is 10.6 Å². The van der Waals surface area contributed by atoms with Crippen molar-refractivity contribution in [1.82, 2.24) is 10.3 Å². The summed E-state index contributed by atoms with van der Waals surface area (Å²) in [6, 6.07) is 22.3. The highest BCUT2D eigenvalue weighted by Crippen LogP contribution is 2.50. The van der Waals surface area contributed by atoms with E-state index in [9.17, 15) is 4.79 Å². The van der Waals surface area contributed by atoms with E-state index in [1.807, 2.05) is 55.5 Å². The molecule has 6 rings (SSSR count). The summed E-state index contributed by atoms with van der Waals surface area (Å²) in [6.07, 6.45) is 0. The van der Waals surface area contributed by atoms with Gasteiger partial charge in [0.15, 0.2) is 5.54 Å². The quantitative estimate of drug-likeness (QED) is 0.408. The minimum atomic E-state index is -0.937. The molecule has 3 heterocycles. The Morgan fingerprint density at radius 1 is 1.00 bits per heavy atom. The molecule has 2 atom stereocenters. The van der Waals surface area contributed by atoms with E-state index in [1.165, 1.54) is 0 Å². The summed E-state index contributed by atoms with van der Waals surface area (Å²) in [5, 5.41) is 8.62. The Kier molecular flexibility index (Phi) is 3.67. The fourth-order valence-electron chi connectivity index (χ4n) is 5.19. The number of fused-ring (bicyclic) bond motifs is 6. The van der Waals surface area contributed by atoms with Crippen molar-refractivity contribution in [3.8, 4) is 0 Å². The van der Waals surface area contributed by atoms with E-state index in [-0.39, 0.29) is 11.8 Å². The number of H-pyrrole nitrogens is 1. The molecule has 0 saturated heterocycles. The lowest BCUT2D eigenvalue weighted by molar-refractivity contribution is -0.120. The molecule has 0 radical (unpaired) electrons. The standard InChI is InChI=1S/C25H20ClN3O/c1-14-7-6-10-18-22(14)29-24(30)25(18)23-21(16-9-3-5-12-20(16)28-23)17(13-27-25)15-8-2-4-11-19(15)26/h2-12,17,27-28H,13H2,1H3,(H,29,30)/t17-,25+/m1/s1. The lowest BCUT2D eigenvalue weighted by atomic mass is 9.76. The molecule has 2 aliphatic heterocycles. The van der Waals surface area contributed by atoms with Crippen molar-refractivity contribution in [3.63, 3.8) is 0 Å². The molecule has 1 aromatic heterocycles. The van der Waals surface area contributed by atoms with Crippen LogP contribution in [0.4, 0.5) is 5.69 Å². The first-order chi connectivity index (χ1) is 14.6. The molecule has 3 aromatic carbocycles. The van der Waals surface area contributed by atoms with Crippen LogP contribution in [0, 0.1) is 6.92 Å². The maximum absolute atomic E-state index is 13.5. The average molecular weight is 414 g/mol. The number of rotatable bonds is 1. The number of hydrogen-bond donors (Lipinski definition) is 3. The summed E-state index contributed by atoms with van der Waals surface area (Å²) in [4.78, 5) is 17.1. The Bertz CT molecular complexity index is 1340. The number of carbonyl (C=O) groups excluding carboxylic acids is 1. The third-order valence-electron chi connectivity index (χ3n) is 6.58. The molecule has 4 nitrogen and oxygen atoms in total. The molecule has 1 amide bonds. The number of para-hydroxylation sites is 2. The van der Waals surface area contributed by atoms with Gasteiger partial charge in [-0.3, -0.25) is 10.1 Å². The van der Waals surface area contributed by atoms with Crippen LogP contribution in [0.2, 0.25) is 5.02 Å². The minimum absolute atomic E-state index is 0.0390. The first-order valence-corrected chi connectivity index (χ1v) is 10.5. The second kappa shape index (κ2) is 6.21. The maximum atomic E-state index is 13.5. The number of anilines is 1. The Hall–Kier alpha value is -3.08. The monoisotopic (exact) mass is 413 g/mol. The summed E-state index contributed by atoms with van der Waals surface area (Å²) in [5.41, 5.74) is 6.13. The molecule has 0 fully saturated rings. The predicted octanol–water partition coefficient (Wildman–Crippen LogP) is 5.06. The Morgan fingerprint density at radius 3 is 2.67 bits per heavy atom. The van der Waals surface area contributed by atoms with Crippen LogP contribution in [0.15, 0.2) is 66.7 Å². The fourth-order valence-corrected chi connectivity index (χ4v) is 5.46. The van der Waals surface area contributed by atoms with Crippen LogP contribution in [0.5, 0.6) is 0 Å². The number of aryl methyl sites for hydroxylation is 1. The molecule has 0 unspecified atom stereocenters. The van der Waals surface area contributed by atoms with Crippen molar-refractivity contribution in [2.24, 2.45) is 0 Å². The lowest BCUT2D eigenvalue weighted by Crippen LogP contribution is -2.54. The summed E-state index contributed by atoms with van der Waals surface area (Å²) >= 11 is 6.61. The predicted molar refractivity (Wildman–Crippen MR) is 120 cm³/mol. The Morgan fingerprint density at radius 2 is 1.80 bits per heavy atom. The molecule has 4 aromatic rings. The van der Waals surface area contributed by atoms with Gasteiger partial charge in [-0.15, -0.1) is 0 Å². The van der Waals surface area contributed by atoms with Gasteiger partial charge in [-0.25, -0.2) is 0 Å². The van der Waals surface area contributed by atoms with Crippen molar-refractivity contribution < 1.29 is 4.79 Å². The number of carbonyl (C=O) groups is 1. The first-order valence-electron chi connectivity index (χ1n) is 10.1. The van der Waals surface area contributed by atoms with E-state index in [4.69, 9.17) is 11.6 Å². The molecular weight excluding hydrogens is 394 g/mol. The van der Waals surface area contributed by atoms with Gasteiger partial charge in [-0.1, -0.05) is 66.2 Å². The van der Waals surface area contributed by atoms with Crippen molar-refractivity contribution >= 4 is 34.1 Å². The fraction of sp³-hybridized carbons (Fsp3) is 0.160. The van der Waals surface area contributed by atoms with Gasteiger partial charge >= 0.3 is 0 Å². The molecule has 5 heteroatoms. The second-order valence-electron chi connectivity index (χ2n) is 8.12. The number of halogens is 1. The van der Waals surface area contributed by atoms with E-state index in [1.54, 1.807) is 0 Å². The number of amides is 1. The number of hydrogen-bond acceptors (Lipinski definition) is 2. The number of nitrogens with one attached hydrogen (secondary N) is 3. The first kappa shape index (κ1) is 17.8. The Balaban J connectivity index is 1.68. The molecule has 0 aliphatic carbocycles. The van der Waals surface area contributed by atoms with Gasteiger partial charge in [0.05, 0.1) is 5.69 Å². The molecule has 30 heavy (non-hydrogen) atoms. The third kappa shape index (κ3) is 2.18. The van der Waals surface area contributed by atoms with E-state index in [2.05, 4.69) is 33.8 Å². The van der Waals surface area contributed by atoms with Gasteiger partial charge in [0.25, 0.3) is 5.91 Å². The molecule has 3 N–H and O–H groups in total. The third-order valence-corrected chi connectivity index (χ3v) is 6.92. The molecule has 0 bridgehead atoms. The molecule has 148 valence electrons. The largest absolute Gasteiger partial charge is 0.356 e. The van der Waals surface area contributed by atoms with Gasteiger partial charge in [0.1, 0.15) is 0 Å². The summed E-state index contributed by atoms with van der Waals surface area (Å²) in [5.74, 6) is -0.00523. The van der Waals surface area contributed by atoms with Crippen LogP contribution in [0.25, 0.3) is 10.9 Å². The smallest absolute Gasteiger partial charge is 0.255 e. The van der Waals surface area contributed by atoms with E-state index < -0.39 is 5.54 Å². The maximum Gasteiger partial charge on any atom is 0.255 e. The second-order valence-corrected chi connectivity index (χ2v) is 8.52. The molecule has 2 aliphatic rings. The van der Waals surface area contributed by atoms with Crippen molar-refractivity contribution in [2.75, 3.05) is 11.9 Å². The molecular formula is C25H20ClN3O. The summed E-state index contributed by atoms with van der Waals surface area (Å²) < 4.78 is 0. The van der Waals surface area contributed by atoms with Crippen molar-refractivity contribution in [3.05, 3.63) is 99.7 Å².